The largest absolute Gasteiger partial charge is 0.494 e. The summed E-state index contributed by atoms with van der Waals surface area (Å²) in [5, 5.41) is 0. The van der Waals surface area contributed by atoms with Crippen LogP contribution < -0.4 is 28.4 Å². The number of fused-ring (bicyclic) bond motifs is 1. The number of para-hydroxylation sites is 2. The molecule has 220 valence electrons. The standard InChI is InChI=1S/C36H30N2O6/c1-39-33-21-22-34(40-2)36-35(33)37-31(23-41-25-13-17-29(18-14-25)43-27-9-5-3-6-10-27)32(38-36)24-42-26-15-19-30(20-16-26)44-28-11-7-4-8-12-28/h3-22H,23-24H2,1-2H3. The molecule has 8 nitrogen and oxygen atoms in total. The molecule has 0 atom stereocenters. The van der Waals surface area contributed by atoms with E-state index in [9.17, 15) is 0 Å². The van der Waals surface area contributed by atoms with E-state index >= 15 is 0 Å². The minimum atomic E-state index is 0.157. The fourth-order valence-corrected chi connectivity index (χ4v) is 4.48. The van der Waals surface area contributed by atoms with Gasteiger partial charge in [-0.15, -0.1) is 0 Å². The summed E-state index contributed by atoms with van der Waals surface area (Å²) in [7, 11) is 3.20. The summed E-state index contributed by atoms with van der Waals surface area (Å²) in [5.41, 5.74) is 2.36. The van der Waals surface area contributed by atoms with Crippen molar-refractivity contribution in [3.8, 4) is 46.0 Å². The van der Waals surface area contributed by atoms with E-state index in [0.717, 1.165) is 11.5 Å². The van der Waals surface area contributed by atoms with Crippen molar-refractivity contribution in [1.82, 2.24) is 9.97 Å². The van der Waals surface area contributed by atoms with Gasteiger partial charge in [0.1, 0.15) is 81.6 Å². The number of benzene rings is 5. The van der Waals surface area contributed by atoms with Crippen LogP contribution in [0.4, 0.5) is 0 Å². The molecule has 0 unspecified atom stereocenters. The minimum Gasteiger partial charge on any atom is -0.494 e. The Balaban J connectivity index is 1.21. The van der Waals surface area contributed by atoms with E-state index < -0.39 is 0 Å². The zero-order valence-corrected chi connectivity index (χ0v) is 24.3. The lowest BCUT2D eigenvalue weighted by Gasteiger charge is -2.15. The number of methoxy groups -OCH3 is 2. The maximum Gasteiger partial charge on any atom is 0.146 e. The van der Waals surface area contributed by atoms with Crippen molar-refractivity contribution in [3.05, 3.63) is 133 Å². The Morgan fingerprint density at radius 1 is 0.409 bits per heavy atom. The molecule has 0 radical (unpaired) electrons. The molecule has 1 aromatic heterocycles. The number of hydrogen-bond acceptors (Lipinski definition) is 8. The molecule has 0 saturated carbocycles. The van der Waals surface area contributed by atoms with E-state index in [1.807, 2.05) is 109 Å². The highest BCUT2D eigenvalue weighted by Gasteiger charge is 2.17. The van der Waals surface area contributed by atoms with Gasteiger partial charge >= 0.3 is 0 Å². The molecule has 0 aliphatic rings. The van der Waals surface area contributed by atoms with Crippen LogP contribution in [-0.4, -0.2) is 24.2 Å². The van der Waals surface area contributed by atoms with Gasteiger partial charge in [0.2, 0.25) is 0 Å². The van der Waals surface area contributed by atoms with E-state index in [-0.39, 0.29) is 13.2 Å². The Hall–Kier alpha value is -5.76. The van der Waals surface area contributed by atoms with Crippen LogP contribution in [-0.2, 0) is 13.2 Å². The topological polar surface area (TPSA) is 81.2 Å². The highest BCUT2D eigenvalue weighted by molar-refractivity contribution is 5.87. The average Bonchev–Trinajstić information content (AvgIpc) is 3.08. The first kappa shape index (κ1) is 28.4. The molecule has 0 aliphatic carbocycles. The van der Waals surface area contributed by atoms with Crippen molar-refractivity contribution in [3.63, 3.8) is 0 Å². The van der Waals surface area contributed by atoms with Gasteiger partial charge in [-0.05, 0) is 84.9 Å². The van der Waals surface area contributed by atoms with Gasteiger partial charge in [0, 0.05) is 0 Å². The summed E-state index contributed by atoms with van der Waals surface area (Å²) in [4.78, 5) is 9.80. The molecule has 5 aromatic carbocycles. The van der Waals surface area contributed by atoms with Crippen LogP contribution in [0.25, 0.3) is 11.0 Å². The first-order valence-electron chi connectivity index (χ1n) is 14.0. The maximum atomic E-state index is 6.14. The molecular formula is C36H30N2O6. The summed E-state index contributed by atoms with van der Waals surface area (Å²) in [5.74, 6) is 5.42. The molecule has 0 saturated heterocycles. The Morgan fingerprint density at radius 2 is 0.750 bits per heavy atom. The van der Waals surface area contributed by atoms with Crippen molar-refractivity contribution in [2.24, 2.45) is 0 Å². The summed E-state index contributed by atoms with van der Waals surface area (Å²) < 4.78 is 35.2. The van der Waals surface area contributed by atoms with E-state index in [4.69, 9.17) is 38.4 Å². The molecule has 1 heterocycles. The van der Waals surface area contributed by atoms with Crippen LogP contribution in [0.5, 0.6) is 46.0 Å². The molecule has 0 aliphatic heterocycles. The monoisotopic (exact) mass is 586 g/mol. The third kappa shape index (κ3) is 6.82. The Morgan fingerprint density at radius 3 is 1.11 bits per heavy atom. The smallest absolute Gasteiger partial charge is 0.146 e. The van der Waals surface area contributed by atoms with Gasteiger partial charge in [0.15, 0.2) is 0 Å². The van der Waals surface area contributed by atoms with Crippen molar-refractivity contribution >= 4 is 11.0 Å². The summed E-state index contributed by atoms with van der Waals surface area (Å²) in [6.07, 6.45) is 0. The van der Waals surface area contributed by atoms with Crippen LogP contribution in [0, 0.1) is 0 Å². The van der Waals surface area contributed by atoms with Crippen LogP contribution in [0.1, 0.15) is 11.4 Å². The van der Waals surface area contributed by atoms with E-state index in [1.165, 1.54) is 0 Å². The Bertz CT molecular complexity index is 1680. The highest BCUT2D eigenvalue weighted by atomic mass is 16.5. The van der Waals surface area contributed by atoms with Crippen LogP contribution in [0.3, 0.4) is 0 Å². The number of aromatic nitrogens is 2. The van der Waals surface area contributed by atoms with Gasteiger partial charge < -0.3 is 28.4 Å². The molecule has 0 spiro atoms. The van der Waals surface area contributed by atoms with Crippen molar-refractivity contribution in [2.45, 2.75) is 13.2 Å². The average molecular weight is 587 g/mol. The molecule has 44 heavy (non-hydrogen) atoms. The van der Waals surface area contributed by atoms with Gasteiger partial charge in [-0.2, -0.15) is 0 Å². The highest BCUT2D eigenvalue weighted by Crippen LogP contribution is 2.32. The van der Waals surface area contributed by atoms with Crippen molar-refractivity contribution in [1.29, 1.82) is 0 Å². The summed E-state index contributed by atoms with van der Waals surface area (Å²) in [6.45, 7) is 0.315. The zero-order valence-electron chi connectivity index (χ0n) is 24.3. The van der Waals surface area contributed by atoms with E-state index in [2.05, 4.69) is 0 Å². The number of ether oxygens (including phenoxy) is 6. The van der Waals surface area contributed by atoms with Gasteiger partial charge in [-0.1, -0.05) is 36.4 Å². The quantitative estimate of drug-likeness (QED) is 0.141. The van der Waals surface area contributed by atoms with Crippen molar-refractivity contribution < 1.29 is 28.4 Å². The fourth-order valence-electron chi connectivity index (χ4n) is 4.48. The molecule has 6 aromatic rings. The van der Waals surface area contributed by atoms with Crippen LogP contribution in [0.2, 0.25) is 0 Å². The van der Waals surface area contributed by atoms with Crippen LogP contribution in [0.15, 0.2) is 121 Å². The second kappa shape index (κ2) is 13.5. The first-order valence-corrected chi connectivity index (χ1v) is 14.0. The van der Waals surface area contributed by atoms with Gasteiger partial charge in [0.05, 0.1) is 14.2 Å². The number of rotatable bonds is 12. The number of nitrogens with zero attached hydrogens (tertiary/aromatic N) is 2. The molecule has 6 rings (SSSR count). The van der Waals surface area contributed by atoms with Gasteiger partial charge in [-0.3, -0.25) is 0 Å². The lowest BCUT2D eigenvalue weighted by molar-refractivity contribution is 0.277. The van der Waals surface area contributed by atoms with E-state index in [0.29, 0.717) is 56.9 Å². The Kier molecular flexibility index (Phi) is 8.69. The molecule has 0 fully saturated rings. The fraction of sp³-hybridized carbons (Fsp3) is 0.111. The lowest BCUT2D eigenvalue weighted by atomic mass is 10.2. The Labute approximate surface area is 255 Å². The predicted molar refractivity (Wildman–Crippen MR) is 167 cm³/mol. The molecule has 0 amide bonds. The minimum absolute atomic E-state index is 0.157. The SMILES string of the molecule is COc1ccc(OC)c2nc(COc3ccc(Oc4ccccc4)cc3)c(COc3ccc(Oc4ccccc4)cc3)nc12. The molecule has 0 N–H and O–H groups in total. The van der Waals surface area contributed by atoms with Crippen molar-refractivity contribution in [2.75, 3.05) is 14.2 Å². The second-order valence-electron chi connectivity index (χ2n) is 9.63. The summed E-state index contributed by atoms with van der Waals surface area (Å²) >= 11 is 0. The predicted octanol–water partition coefficient (Wildman–Crippen LogP) is 8.39. The third-order valence-corrected chi connectivity index (χ3v) is 6.70. The molecule has 0 bridgehead atoms. The summed E-state index contributed by atoms with van der Waals surface area (Å²) in [6, 6.07) is 37.7. The normalized spacial score (nSPS) is 10.7. The first-order chi connectivity index (χ1) is 21.7. The molecule has 8 heteroatoms. The molecular weight excluding hydrogens is 556 g/mol. The maximum absolute atomic E-state index is 6.14. The van der Waals surface area contributed by atoms with Crippen LogP contribution >= 0.6 is 0 Å². The lowest BCUT2D eigenvalue weighted by Crippen LogP contribution is -2.10. The third-order valence-electron chi connectivity index (χ3n) is 6.70. The second-order valence-corrected chi connectivity index (χ2v) is 9.63. The number of hydrogen-bond donors (Lipinski definition) is 0. The van der Waals surface area contributed by atoms with Gasteiger partial charge in [-0.25, -0.2) is 9.97 Å². The van der Waals surface area contributed by atoms with E-state index in [1.54, 1.807) is 26.4 Å². The zero-order chi connectivity index (χ0) is 30.1. The van der Waals surface area contributed by atoms with Gasteiger partial charge in [0.25, 0.3) is 0 Å².